The van der Waals surface area contributed by atoms with Crippen LogP contribution in [0.4, 0.5) is 14.9 Å². The van der Waals surface area contributed by atoms with Gasteiger partial charge >= 0.3 is 6.09 Å². The van der Waals surface area contributed by atoms with Gasteiger partial charge in [0.1, 0.15) is 11.4 Å². The third-order valence-corrected chi connectivity index (χ3v) is 2.06. The summed E-state index contributed by atoms with van der Waals surface area (Å²) in [6.45, 7) is 5.14. The molecule has 0 bridgehead atoms. The zero-order chi connectivity index (χ0) is 13.2. The standard InChI is InChI=1S/C11H14ClFN2O2/c1-11(2,3)17-10(16)15(14)9-5-4-7(13)6-8(9)12/h4-6H,14H2,1-3H3. The molecular weight excluding hydrogens is 247 g/mol. The van der Waals surface area contributed by atoms with E-state index in [-0.39, 0.29) is 10.7 Å². The van der Waals surface area contributed by atoms with Gasteiger partial charge in [-0.3, -0.25) is 0 Å². The van der Waals surface area contributed by atoms with Crippen molar-refractivity contribution in [2.75, 3.05) is 5.01 Å². The number of rotatable bonds is 1. The highest BCUT2D eigenvalue weighted by atomic mass is 35.5. The lowest BCUT2D eigenvalue weighted by molar-refractivity contribution is 0.0580. The van der Waals surface area contributed by atoms with Crippen molar-refractivity contribution in [2.45, 2.75) is 26.4 Å². The molecule has 0 saturated carbocycles. The van der Waals surface area contributed by atoms with Crippen LogP contribution >= 0.6 is 11.6 Å². The molecule has 0 aliphatic heterocycles. The minimum atomic E-state index is -0.758. The number of halogens is 2. The number of ether oxygens (including phenoxy) is 1. The largest absolute Gasteiger partial charge is 0.442 e. The maximum Gasteiger partial charge on any atom is 0.429 e. The Morgan fingerprint density at radius 2 is 2.06 bits per heavy atom. The van der Waals surface area contributed by atoms with E-state index >= 15 is 0 Å². The zero-order valence-electron chi connectivity index (χ0n) is 9.83. The van der Waals surface area contributed by atoms with Gasteiger partial charge in [0, 0.05) is 0 Å². The molecule has 0 atom stereocenters. The van der Waals surface area contributed by atoms with Gasteiger partial charge in [-0.25, -0.2) is 20.0 Å². The van der Waals surface area contributed by atoms with Crippen LogP contribution in [0.3, 0.4) is 0 Å². The van der Waals surface area contributed by atoms with Crippen LogP contribution in [0.5, 0.6) is 0 Å². The summed E-state index contributed by atoms with van der Waals surface area (Å²) in [5.74, 6) is 5.05. The molecule has 0 aromatic heterocycles. The molecule has 1 amide bonds. The summed E-state index contributed by atoms with van der Waals surface area (Å²) in [5, 5.41) is 0.783. The summed E-state index contributed by atoms with van der Waals surface area (Å²) in [4.78, 5) is 11.6. The number of benzene rings is 1. The van der Waals surface area contributed by atoms with Gasteiger partial charge in [0.25, 0.3) is 0 Å². The summed E-state index contributed by atoms with van der Waals surface area (Å²) in [6, 6.07) is 3.54. The predicted octanol–water partition coefficient (Wildman–Crippen LogP) is 3.09. The van der Waals surface area contributed by atoms with E-state index in [0.29, 0.717) is 0 Å². The third-order valence-electron chi connectivity index (χ3n) is 1.76. The highest BCUT2D eigenvalue weighted by Crippen LogP contribution is 2.25. The molecule has 4 nitrogen and oxygen atoms in total. The van der Waals surface area contributed by atoms with Crippen molar-refractivity contribution in [1.29, 1.82) is 0 Å². The topological polar surface area (TPSA) is 55.6 Å². The second kappa shape index (κ2) is 4.89. The Morgan fingerprint density at radius 3 is 2.53 bits per heavy atom. The monoisotopic (exact) mass is 260 g/mol. The maximum absolute atomic E-state index is 12.8. The van der Waals surface area contributed by atoms with Crippen molar-refractivity contribution >= 4 is 23.4 Å². The minimum absolute atomic E-state index is 0.0401. The molecule has 0 fully saturated rings. The summed E-state index contributed by atoms with van der Waals surface area (Å²) < 4.78 is 17.9. The van der Waals surface area contributed by atoms with Crippen molar-refractivity contribution in [2.24, 2.45) is 5.84 Å². The summed E-state index contributed by atoms with van der Waals surface area (Å²) in [6.07, 6.45) is -0.758. The first-order chi connectivity index (χ1) is 7.70. The Balaban J connectivity index is 2.89. The van der Waals surface area contributed by atoms with Gasteiger partial charge in [0.2, 0.25) is 0 Å². The molecule has 0 radical (unpaired) electrons. The number of amides is 1. The Kier molecular flexibility index (Phi) is 3.95. The number of carbonyl (C=O) groups is 1. The van der Waals surface area contributed by atoms with E-state index in [1.807, 2.05) is 0 Å². The summed E-state index contributed by atoms with van der Waals surface area (Å²) in [7, 11) is 0. The van der Waals surface area contributed by atoms with E-state index < -0.39 is 17.5 Å². The Bertz CT molecular complexity index is 432. The van der Waals surface area contributed by atoms with E-state index in [9.17, 15) is 9.18 Å². The first-order valence-corrected chi connectivity index (χ1v) is 5.31. The van der Waals surface area contributed by atoms with Crippen molar-refractivity contribution in [1.82, 2.24) is 0 Å². The highest BCUT2D eigenvalue weighted by molar-refractivity contribution is 6.33. The van der Waals surface area contributed by atoms with Gasteiger partial charge in [-0.05, 0) is 39.0 Å². The van der Waals surface area contributed by atoms with Crippen molar-refractivity contribution < 1.29 is 13.9 Å². The number of nitrogens with zero attached hydrogens (tertiary/aromatic N) is 1. The fraction of sp³-hybridized carbons (Fsp3) is 0.364. The Hall–Kier alpha value is -1.33. The van der Waals surface area contributed by atoms with Crippen LogP contribution in [0.1, 0.15) is 20.8 Å². The molecule has 0 saturated heterocycles. The second-order valence-electron chi connectivity index (χ2n) is 4.45. The highest BCUT2D eigenvalue weighted by Gasteiger charge is 2.22. The number of hydrogen-bond acceptors (Lipinski definition) is 3. The van der Waals surface area contributed by atoms with Crippen molar-refractivity contribution in [3.8, 4) is 0 Å². The van der Waals surface area contributed by atoms with E-state index in [2.05, 4.69) is 0 Å². The van der Waals surface area contributed by atoms with E-state index in [1.54, 1.807) is 20.8 Å². The molecule has 17 heavy (non-hydrogen) atoms. The smallest absolute Gasteiger partial charge is 0.429 e. The van der Waals surface area contributed by atoms with Gasteiger partial charge in [0.15, 0.2) is 0 Å². The number of nitrogens with two attached hydrogens (primary N) is 1. The normalized spacial score (nSPS) is 11.2. The van der Waals surface area contributed by atoms with Crippen LogP contribution in [0.15, 0.2) is 18.2 Å². The van der Waals surface area contributed by atoms with Crippen LogP contribution < -0.4 is 10.9 Å². The van der Waals surface area contributed by atoms with Crippen LogP contribution in [-0.4, -0.2) is 11.7 Å². The molecule has 0 unspecified atom stereocenters. The quantitative estimate of drug-likeness (QED) is 0.480. The maximum atomic E-state index is 12.8. The average molecular weight is 261 g/mol. The molecule has 0 aliphatic rings. The molecule has 0 aliphatic carbocycles. The van der Waals surface area contributed by atoms with Gasteiger partial charge in [-0.1, -0.05) is 11.6 Å². The second-order valence-corrected chi connectivity index (χ2v) is 4.85. The number of carbonyl (C=O) groups excluding carboxylic acids is 1. The molecule has 94 valence electrons. The lowest BCUT2D eigenvalue weighted by Crippen LogP contribution is -2.41. The molecule has 1 aromatic carbocycles. The molecule has 1 aromatic rings. The number of hydrazine groups is 1. The molecule has 6 heteroatoms. The van der Waals surface area contributed by atoms with Crippen molar-refractivity contribution in [3.05, 3.63) is 29.0 Å². The first-order valence-electron chi connectivity index (χ1n) is 4.93. The van der Waals surface area contributed by atoms with Crippen LogP contribution in [-0.2, 0) is 4.74 Å². The van der Waals surface area contributed by atoms with Gasteiger partial charge in [0.05, 0.1) is 10.7 Å². The minimum Gasteiger partial charge on any atom is -0.442 e. The average Bonchev–Trinajstić information content (AvgIpc) is 2.14. The molecule has 0 spiro atoms. The fourth-order valence-electron chi connectivity index (χ4n) is 1.09. The lowest BCUT2D eigenvalue weighted by Gasteiger charge is -2.24. The van der Waals surface area contributed by atoms with Crippen LogP contribution in [0.2, 0.25) is 5.02 Å². The van der Waals surface area contributed by atoms with E-state index in [0.717, 1.165) is 17.1 Å². The van der Waals surface area contributed by atoms with Crippen LogP contribution in [0.25, 0.3) is 0 Å². The van der Waals surface area contributed by atoms with E-state index in [4.69, 9.17) is 22.2 Å². The third kappa shape index (κ3) is 3.87. The molecule has 0 heterocycles. The van der Waals surface area contributed by atoms with Crippen LogP contribution in [0, 0.1) is 5.82 Å². The van der Waals surface area contributed by atoms with E-state index in [1.165, 1.54) is 6.07 Å². The molecular formula is C11H14ClFN2O2. The summed E-state index contributed by atoms with van der Waals surface area (Å²) in [5.41, 5.74) is -0.483. The molecule has 2 N–H and O–H groups in total. The predicted molar refractivity (Wildman–Crippen MR) is 64.3 cm³/mol. The number of anilines is 1. The molecule has 1 rings (SSSR count). The number of hydrogen-bond donors (Lipinski definition) is 1. The van der Waals surface area contributed by atoms with Gasteiger partial charge in [-0.15, -0.1) is 0 Å². The zero-order valence-corrected chi connectivity index (χ0v) is 10.6. The van der Waals surface area contributed by atoms with Crippen molar-refractivity contribution in [3.63, 3.8) is 0 Å². The summed E-state index contributed by atoms with van der Waals surface area (Å²) >= 11 is 5.77. The van der Waals surface area contributed by atoms with Gasteiger partial charge < -0.3 is 4.74 Å². The Labute approximate surface area is 104 Å². The Morgan fingerprint density at radius 1 is 1.47 bits per heavy atom. The van der Waals surface area contributed by atoms with Gasteiger partial charge in [-0.2, -0.15) is 0 Å². The first kappa shape index (κ1) is 13.7. The fourth-order valence-corrected chi connectivity index (χ4v) is 1.34. The SMILES string of the molecule is CC(C)(C)OC(=O)N(N)c1ccc(F)cc1Cl. The lowest BCUT2D eigenvalue weighted by atomic mass is 10.2.